The Kier molecular flexibility index (Phi) is 10.1. The fourth-order valence-electron chi connectivity index (χ4n) is 3.36. The third-order valence-electron chi connectivity index (χ3n) is 4.90. The second-order valence-electron chi connectivity index (χ2n) is 7.06. The number of carbonyl (C=O) groups excluding carboxylic acids is 3. The molecule has 0 heterocycles. The highest BCUT2D eigenvalue weighted by Gasteiger charge is 2.63. The minimum absolute atomic E-state index is 0.0704. The van der Waals surface area contributed by atoms with E-state index in [0.29, 0.717) is 17.9 Å². The first-order valence-corrected chi connectivity index (χ1v) is 11.6. The Morgan fingerprint density at radius 2 is 1.44 bits per heavy atom. The first-order valence-electron chi connectivity index (χ1n) is 10.8. The average Bonchev–Trinajstić information content (AvgIpc) is 2.82. The van der Waals surface area contributed by atoms with Crippen molar-refractivity contribution >= 4 is 33.8 Å². The molecule has 180 valence electrons. The monoisotopic (exact) mass is 530 g/mol. The van der Waals surface area contributed by atoms with Gasteiger partial charge in [-0.3, -0.25) is 14.4 Å². The van der Waals surface area contributed by atoms with E-state index in [4.69, 9.17) is 25.4 Å². The molecule has 0 saturated heterocycles. The Hall–Kier alpha value is -3.31. The fourth-order valence-corrected chi connectivity index (χ4v) is 3.81. The van der Waals surface area contributed by atoms with Gasteiger partial charge in [0.15, 0.2) is 0 Å². The molecule has 2 rings (SSSR count). The molecule has 7 nitrogen and oxygen atoms in total. The summed E-state index contributed by atoms with van der Waals surface area (Å²) in [7, 11) is 0. The molecule has 0 aromatic heterocycles. The Labute approximate surface area is 207 Å². The highest BCUT2D eigenvalue weighted by atomic mass is 79.9. The van der Waals surface area contributed by atoms with Crippen LogP contribution in [0, 0.1) is 17.8 Å². The number of esters is 3. The van der Waals surface area contributed by atoms with Crippen LogP contribution in [0.5, 0.6) is 5.75 Å². The second kappa shape index (κ2) is 12.8. The van der Waals surface area contributed by atoms with Gasteiger partial charge < -0.3 is 18.9 Å². The standard InChI is InChI=1S/C26H27BrO7/c1-5-22(26(23(28)31-6-2,24(29)32-7-3)25(30)33-8-4)19-12-14-21(15-13-19)34-17-18-10-9-11-20(27)16-18/h1,9-16,22H,6-8,17H2,2-4H3/t22-/m1/s1. The van der Waals surface area contributed by atoms with Gasteiger partial charge in [-0.05, 0) is 56.2 Å². The third kappa shape index (κ3) is 5.97. The van der Waals surface area contributed by atoms with E-state index in [9.17, 15) is 14.4 Å². The lowest BCUT2D eigenvalue weighted by atomic mass is 9.72. The summed E-state index contributed by atoms with van der Waals surface area (Å²) in [5.74, 6) is -1.74. The van der Waals surface area contributed by atoms with Crippen molar-refractivity contribution in [1.82, 2.24) is 0 Å². The molecule has 2 aromatic carbocycles. The van der Waals surface area contributed by atoms with Crippen molar-refractivity contribution in [1.29, 1.82) is 0 Å². The topological polar surface area (TPSA) is 88.1 Å². The molecule has 0 fully saturated rings. The molecule has 8 heteroatoms. The van der Waals surface area contributed by atoms with Crippen LogP contribution in [0.2, 0.25) is 0 Å². The quantitative estimate of drug-likeness (QED) is 0.184. The number of terminal acetylenes is 1. The second-order valence-corrected chi connectivity index (χ2v) is 7.97. The lowest BCUT2D eigenvalue weighted by Crippen LogP contribution is -2.53. The van der Waals surface area contributed by atoms with Crippen molar-refractivity contribution in [2.45, 2.75) is 33.3 Å². The van der Waals surface area contributed by atoms with Gasteiger partial charge in [0, 0.05) is 4.47 Å². The van der Waals surface area contributed by atoms with E-state index in [1.165, 1.54) is 0 Å². The van der Waals surface area contributed by atoms with E-state index in [0.717, 1.165) is 10.0 Å². The van der Waals surface area contributed by atoms with Crippen molar-refractivity contribution < 1.29 is 33.3 Å². The first-order chi connectivity index (χ1) is 16.3. The van der Waals surface area contributed by atoms with Gasteiger partial charge in [-0.2, -0.15) is 0 Å². The molecule has 0 N–H and O–H groups in total. The predicted octanol–water partition coefficient (Wildman–Crippen LogP) is 4.42. The smallest absolute Gasteiger partial charge is 0.336 e. The van der Waals surface area contributed by atoms with Gasteiger partial charge in [-0.15, -0.1) is 6.42 Å². The molecule has 0 aliphatic carbocycles. The molecule has 0 aliphatic heterocycles. The summed E-state index contributed by atoms with van der Waals surface area (Å²) in [6.07, 6.45) is 5.77. The number of hydrogen-bond acceptors (Lipinski definition) is 7. The molecule has 0 saturated carbocycles. The summed E-state index contributed by atoms with van der Waals surface area (Å²) in [6, 6.07) is 14.2. The SMILES string of the molecule is C#C[C@H](c1ccc(OCc2cccc(Br)c2)cc1)C(C(=O)OCC)(C(=O)OCC)C(=O)OCC. The van der Waals surface area contributed by atoms with Crippen LogP contribution < -0.4 is 4.74 Å². The van der Waals surface area contributed by atoms with Crippen LogP contribution in [0.4, 0.5) is 0 Å². The summed E-state index contributed by atoms with van der Waals surface area (Å²) in [5.41, 5.74) is -1.19. The van der Waals surface area contributed by atoms with E-state index in [2.05, 4.69) is 21.9 Å². The molecule has 2 aromatic rings. The molecule has 0 spiro atoms. The highest BCUT2D eigenvalue weighted by Crippen LogP contribution is 2.40. The van der Waals surface area contributed by atoms with Gasteiger partial charge in [0.2, 0.25) is 0 Å². The zero-order valence-electron chi connectivity index (χ0n) is 19.3. The Morgan fingerprint density at radius 3 is 1.88 bits per heavy atom. The summed E-state index contributed by atoms with van der Waals surface area (Å²) < 4.78 is 22.1. The van der Waals surface area contributed by atoms with Crippen molar-refractivity contribution in [3.8, 4) is 18.1 Å². The number of rotatable bonds is 11. The molecule has 0 radical (unpaired) electrons. The molecular weight excluding hydrogens is 504 g/mol. The third-order valence-corrected chi connectivity index (χ3v) is 5.39. The van der Waals surface area contributed by atoms with E-state index < -0.39 is 29.2 Å². The van der Waals surface area contributed by atoms with Crippen LogP contribution in [-0.4, -0.2) is 37.7 Å². The molecule has 0 unspecified atom stereocenters. The van der Waals surface area contributed by atoms with Crippen LogP contribution in [0.3, 0.4) is 0 Å². The molecule has 0 amide bonds. The Morgan fingerprint density at radius 1 is 0.912 bits per heavy atom. The van der Waals surface area contributed by atoms with E-state index >= 15 is 0 Å². The van der Waals surface area contributed by atoms with E-state index in [1.54, 1.807) is 45.0 Å². The molecule has 34 heavy (non-hydrogen) atoms. The summed E-state index contributed by atoms with van der Waals surface area (Å²) in [5, 5.41) is 0. The minimum atomic E-state index is -2.50. The van der Waals surface area contributed by atoms with Crippen molar-refractivity contribution in [3.05, 3.63) is 64.1 Å². The average molecular weight is 531 g/mol. The van der Waals surface area contributed by atoms with Crippen LogP contribution in [0.1, 0.15) is 37.8 Å². The number of benzene rings is 2. The summed E-state index contributed by atoms with van der Waals surface area (Å²) in [6.45, 7) is 4.79. The largest absolute Gasteiger partial charge is 0.489 e. The van der Waals surface area contributed by atoms with Gasteiger partial charge in [0.05, 0.1) is 25.7 Å². The summed E-state index contributed by atoms with van der Waals surface area (Å²) >= 11 is 3.42. The zero-order valence-corrected chi connectivity index (χ0v) is 20.9. The molecular formula is C26H27BrO7. The first kappa shape index (κ1) is 26.9. The number of carbonyl (C=O) groups is 3. The molecule has 1 atom stereocenters. The maximum atomic E-state index is 13.1. The van der Waals surface area contributed by atoms with Crippen LogP contribution in [0.25, 0.3) is 0 Å². The Bertz CT molecular complexity index is 994. The Balaban J connectivity index is 2.44. The zero-order chi connectivity index (χ0) is 25.1. The normalized spacial score (nSPS) is 11.6. The van der Waals surface area contributed by atoms with Crippen molar-refractivity contribution in [2.75, 3.05) is 19.8 Å². The molecule has 0 aliphatic rings. The van der Waals surface area contributed by atoms with Crippen LogP contribution in [0.15, 0.2) is 53.0 Å². The number of ether oxygens (including phenoxy) is 4. The number of halogens is 1. The predicted molar refractivity (Wildman–Crippen MR) is 129 cm³/mol. The minimum Gasteiger partial charge on any atom is -0.489 e. The van der Waals surface area contributed by atoms with Crippen LogP contribution >= 0.6 is 15.9 Å². The summed E-state index contributed by atoms with van der Waals surface area (Å²) in [4.78, 5) is 39.2. The van der Waals surface area contributed by atoms with Gasteiger partial charge in [0.25, 0.3) is 5.41 Å². The fraction of sp³-hybridized carbons (Fsp3) is 0.346. The van der Waals surface area contributed by atoms with Crippen LogP contribution in [-0.2, 0) is 35.2 Å². The van der Waals surface area contributed by atoms with Gasteiger partial charge in [-0.1, -0.05) is 46.1 Å². The maximum Gasteiger partial charge on any atom is 0.336 e. The van der Waals surface area contributed by atoms with Crippen molar-refractivity contribution in [3.63, 3.8) is 0 Å². The van der Waals surface area contributed by atoms with Gasteiger partial charge in [0.1, 0.15) is 12.4 Å². The van der Waals surface area contributed by atoms with Gasteiger partial charge in [-0.25, -0.2) is 0 Å². The van der Waals surface area contributed by atoms with E-state index in [-0.39, 0.29) is 19.8 Å². The lowest BCUT2D eigenvalue weighted by molar-refractivity contribution is -0.184. The lowest BCUT2D eigenvalue weighted by Gasteiger charge is -2.31. The van der Waals surface area contributed by atoms with Gasteiger partial charge >= 0.3 is 17.9 Å². The maximum absolute atomic E-state index is 13.1. The number of hydrogen-bond donors (Lipinski definition) is 0. The highest BCUT2D eigenvalue weighted by molar-refractivity contribution is 9.10. The van der Waals surface area contributed by atoms with Crippen molar-refractivity contribution in [2.24, 2.45) is 5.41 Å². The molecule has 0 bridgehead atoms. The van der Waals surface area contributed by atoms with E-state index in [1.807, 2.05) is 24.3 Å².